The van der Waals surface area contributed by atoms with E-state index in [9.17, 15) is 13.2 Å². The summed E-state index contributed by atoms with van der Waals surface area (Å²) in [6.45, 7) is -0.316. The van der Waals surface area contributed by atoms with E-state index in [1.165, 1.54) is 14.1 Å². The van der Waals surface area contributed by atoms with Crippen LogP contribution >= 0.6 is 0 Å². The first-order valence-corrected chi connectivity index (χ1v) is 4.27. The minimum absolute atomic E-state index is 0.316. The molecule has 66 valence electrons. The first-order chi connectivity index (χ1) is 4.90. The van der Waals surface area contributed by atoms with Gasteiger partial charge in [-0.25, -0.2) is 4.72 Å². The van der Waals surface area contributed by atoms with Gasteiger partial charge in [0.1, 0.15) is 0 Å². The Morgan fingerprint density at radius 1 is 1.64 bits per heavy atom. The molecule has 0 aliphatic rings. The van der Waals surface area contributed by atoms with Crippen molar-refractivity contribution in [1.29, 1.82) is 0 Å². The highest BCUT2D eigenvalue weighted by atomic mass is 32.2. The number of hydrogen-bond donors (Lipinski definition) is 2. The number of carbonyl (C=O) groups excluding carboxylic acids is 1. The van der Waals surface area contributed by atoms with Gasteiger partial charge in [-0.05, 0) is 0 Å². The maximum absolute atomic E-state index is 10.8. The minimum Gasteiger partial charge on any atom is -0.369 e. The van der Waals surface area contributed by atoms with Crippen molar-refractivity contribution >= 4 is 16.1 Å². The fraction of sp³-hybridized carbons (Fsp3) is 0.750. The fourth-order valence-electron chi connectivity index (χ4n) is 0.460. The zero-order valence-electron chi connectivity index (χ0n) is 6.36. The van der Waals surface area contributed by atoms with Crippen molar-refractivity contribution < 1.29 is 13.2 Å². The van der Waals surface area contributed by atoms with Gasteiger partial charge in [-0.15, -0.1) is 0 Å². The third kappa shape index (κ3) is 3.30. The quantitative estimate of drug-likeness (QED) is 0.518. The lowest BCUT2D eigenvalue weighted by atomic mass is 10.6. The van der Waals surface area contributed by atoms with Gasteiger partial charge in [0.05, 0.1) is 6.54 Å². The summed E-state index contributed by atoms with van der Waals surface area (Å²) in [5.41, 5.74) is 4.77. The molecule has 0 aliphatic carbocycles. The zero-order valence-corrected chi connectivity index (χ0v) is 7.18. The molecule has 0 bridgehead atoms. The summed E-state index contributed by atoms with van der Waals surface area (Å²) in [4.78, 5) is 10.3. The highest BCUT2D eigenvalue weighted by Gasteiger charge is 2.15. The lowest BCUT2D eigenvalue weighted by Crippen LogP contribution is -2.40. The topological polar surface area (TPSA) is 92.5 Å². The van der Waals surface area contributed by atoms with Gasteiger partial charge < -0.3 is 5.73 Å². The van der Waals surface area contributed by atoms with Crippen LogP contribution in [0.1, 0.15) is 0 Å². The Kier molecular flexibility index (Phi) is 3.43. The molecular formula is C4H11N3O3S. The average molecular weight is 181 g/mol. The van der Waals surface area contributed by atoms with Gasteiger partial charge in [0.15, 0.2) is 0 Å². The first kappa shape index (κ1) is 10.3. The molecule has 0 aliphatic heterocycles. The third-order valence-corrected chi connectivity index (χ3v) is 2.51. The number of amides is 1. The standard InChI is InChI=1S/C4H11N3O3S/c1-6-11(9,10)7(2)3-4(5)8/h6H,3H2,1-2H3,(H2,5,8). The Balaban J connectivity index is 4.26. The molecule has 0 saturated heterocycles. The lowest BCUT2D eigenvalue weighted by Gasteiger charge is -2.13. The molecule has 0 saturated carbocycles. The maximum Gasteiger partial charge on any atom is 0.279 e. The molecule has 0 aromatic carbocycles. The molecule has 0 rings (SSSR count). The monoisotopic (exact) mass is 181 g/mol. The number of nitrogens with one attached hydrogen (secondary N) is 1. The molecule has 0 radical (unpaired) electrons. The summed E-state index contributed by atoms with van der Waals surface area (Å²) in [6, 6.07) is 0. The average Bonchev–Trinajstić information content (AvgIpc) is 1.86. The second kappa shape index (κ2) is 3.65. The Morgan fingerprint density at radius 3 is 2.36 bits per heavy atom. The normalized spacial score (nSPS) is 11.9. The molecule has 0 unspecified atom stereocenters. The summed E-state index contributed by atoms with van der Waals surface area (Å²) in [6.07, 6.45) is 0. The smallest absolute Gasteiger partial charge is 0.279 e. The van der Waals surface area contributed by atoms with Crippen LogP contribution in [0.25, 0.3) is 0 Å². The molecule has 0 atom stereocenters. The predicted octanol–water partition coefficient (Wildman–Crippen LogP) is -2.13. The van der Waals surface area contributed by atoms with Crippen molar-refractivity contribution in [2.24, 2.45) is 5.73 Å². The third-order valence-electron chi connectivity index (χ3n) is 1.05. The molecule has 7 heteroatoms. The number of rotatable bonds is 4. The Hall–Kier alpha value is -0.660. The molecule has 0 heterocycles. The van der Waals surface area contributed by atoms with Crippen LogP contribution in [-0.2, 0) is 15.0 Å². The molecule has 0 spiro atoms. The number of carbonyl (C=O) groups is 1. The summed E-state index contributed by atoms with van der Waals surface area (Å²) in [5.74, 6) is -0.689. The SMILES string of the molecule is CNS(=O)(=O)N(C)CC(N)=O. The van der Waals surface area contributed by atoms with Crippen molar-refractivity contribution in [3.8, 4) is 0 Å². The fourth-order valence-corrected chi connectivity index (χ4v) is 1.07. The summed E-state index contributed by atoms with van der Waals surface area (Å²) in [5, 5.41) is 0. The largest absolute Gasteiger partial charge is 0.369 e. The van der Waals surface area contributed by atoms with Crippen molar-refractivity contribution in [2.45, 2.75) is 0 Å². The van der Waals surface area contributed by atoms with Crippen LogP contribution in [0.5, 0.6) is 0 Å². The van der Waals surface area contributed by atoms with Crippen molar-refractivity contribution in [2.75, 3.05) is 20.6 Å². The van der Waals surface area contributed by atoms with Crippen LogP contribution in [0.2, 0.25) is 0 Å². The van der Waals surface area contributed by atoms with Gasteiger partial charge in [0.2, 0.25) is 5.91 Å². The number of primary amides is 1. The number of hydrogen-bond acceptors (Lipinski definition) is 3. The predicted molar refractivity (Wildman–Crippen MR) is 39.8 cm³/mol. The van der Waals surface area contributed by atoms with Gasteiger partial charge in [-0.3, -0.25) is 4.79 Å². The van der Waals surface area contributed by atoms with Gasteiger partial charge in [0, 0.05) is 14.1 Å². The van der Waals surface area contributed by atoms with E-state index in [1.54, 1.807) is 0 Å². The van der Waals surface area contributed by atoms with Gasteiger partial charge in [-0.1, -0.05) is 0 Å². The van der Waals surface area contributed by atoms with Crippen LogP contribution in [0.4, 0.5) is 0 Å². The molecular weight excluding hydrogens is 170 g/mol. The van der Waals surface area contributed by atoms with Gasteiger partial charge in [0.25, 0.3) is 10.2 Å². The van der Waals surface area contributed by atoms with Crippen molar-refractivity contribution in [1.82, 2.24) is 9.03 Å². The van der Waals surface area contributed by atoms with E-state index >= 15 is 0 Å². The highest BCUT2D eigenvalue weighted by Crippen LogP contribution is 1.89. The Labute approximate surface area is 65.5 Å². The van der Waals surface area contributed by atoms with E-state index in [4.69, 9.17) is 5.73 Å². The number of nitrogens with zero attached hydrogens (tertiary/aromatic N) is 1. The van der Waals surface area contributed by atoms with E-state index in [-0.39, 0.29) is 6.54 Å². The molecule has 0 fully saturated rings. The van der Waals surface area contributed by atoms with E-state index in [2.05, 4.69) is 0 Å². The molecule has 0 aromatic heterocycles. The van der Waals surface area contributed by atoms with E-state index in [0.717, 1.165) is 4.31 Å². The van der Waals surface area contributed by atoms with Crippen LogP contribution in [0, 0.1) is 0 Å². The molecule has 11 heavy (non-hydrogen) atoms. The summed E-state index contributed by atoms with van der Waals surface area (Å²) < 4.78 is 24.5. The van der Waals surface area contributed by atoms with Gasteiger partial charge >= 0.3 is 0 Å². The van der Waals surface area contributed by atoms with Crippen LogP contribution in [-0.4, -0.2) is 39.3 Å². The van der Waals surface area contributed by atoms with Gasteiger partial charge in [-0.2, -0.15) is 12.7 Å². The molecule has 1 amide bonds. The summed E-state index contributed by atoms with van der Waals surface area (Å²) in [7, 11) is -0.993. The molecule has 3 N–H and O–H groups in total. The van der Waals surface area contributed by atoms with Crippen LogP contribution in [0.15, 0.2) is 0 Å². The van der Waals surface area contributed by atoms with E-state index in [1.807, 2.05) is 4.72 Å². The zero-order chi connectivity index (χ0) is 9.07. The Morgan fingerprint density at radius 2 is 2.09 bits per heavy atom. The Bertz CT molecular complexity index is 235. The second-order valence-electron chi connectivity index (χ2n) is 1.93. The highest BCUT2D eigenvalue weighted by molar-refractivity contribution is 7.87. The van der Waals surface area contributed by atoms with Crippen molar-refractivity contribution in [3.63, 3.8) is 0 Å². The van der Waals surface area contributed by atoms with E-state index < -0.39 is 16.1 Å². The summed E-state index contributed by atoms with van der Waals surface area (Å²) >= 11 is 0. The molecule has 6 nitrogen and oxygen atoms in total. The van der Waals surface area contributed by atoms with Crippen LogP contribution < -0.4 is 10.5 Å². The first-order valence-electron chi connectivity index (χ1n) is 2.83. The second-order valence-corrected chi connectivity index (χ2v) is 3.91. The van der Waals surface area contributed by atoms with E-state index in [0.29, 0.717) is 0 Å². The minimum atomic E-state index is -3.51. The maximum atomic E-state index is 10.8. The van der Waals surface area contributed by atoms with Crippen molar-refractivity contribution in [3.05, 3.63) is 0 Å². The molecule has 0 aromatic rings. The number of nitrogens with two attached hydrogens (primary N) is 1. The number of likely N-dealkylation sites (N-methyl/N-ethyl adjacent to an activating group) is 1. The lowest BCUT2D eigenvalue weighted by molar-refractivity contribution is -0.118. The van der Waals surface area contributed by atoms with Crippen LogP contribution in [0.3, 0.4) is 0 Å².